The third-order valence-corrected chi connectivity index (χ3v) is 12.7. The summed E-state index contributed by atoms with van der Waals surface area (Å²) in [6.07, 6.45) is 1.11. The van der Waals surface area contributed by atoms with Gasteiger partial charge < -0.3 is 35.2 Å². The number of aliphatic hydroxyl groups is 2. The molecule has 4 fully saturated rings. The van der Waals surface area contributed by atoms with Crippen molar-refractivity contribution in [1.82, 2.24) is 20.6 Å². The molecule has 3 aromatic carbocycles. The highest BCUT2D eigenvalue weighted by Gasteiger charge is 2.57. The lowest BCUT2D eigenvalue weighted by molar-refractivity contribution is -0.183. The number of hydrogen-bond donors (Lipinski definition) is 4. The first-order chi connectivity index (χ1) is 26.3. The second kappa shape index (κ2) is 17.0. The molecule has 11 heteroatoms. The van der Waals surface area contributed by atoms with Crippen molar-refractivity contribution in [1.29, 1.82) is 0 Å². The molecule has 298 valence electrons. The number of ether oxygens (including phenoxy) is 2. The van der Waals surface area contributed by atoms with Crippen LogP contribution in [0.5, 0.6) is 11.5 Å². The van der Waals surface area contributed by atoms with E-state index in [0.29, 0.717) is 58.9 Å². The zero-order chi connectivity index (χ0) is 39.6. The summed E-state index contributed by atoms with van der Waals surface area (Å²) in [6, 6.07) is 20.3. The van der Waals surface area contributed by atoms with Crippen molar-refractivity contribution in [3.05, 3.63) is 83.4 Å². The molecule has 0 radical (unpaired) electrons. The molecule has 1 aliphatic heterocycles. The van der Waals surface area contributed by atoms with Crippen LogP contribution in [0.1, 0.15) is 62.0 Å². The van der Waals surface area contributed by atoms with Crippen molar-refractivity contribution >= 4 is 11.8 Å². The first-order valence-corrected chi connectivity index (χ1v) is 19.6. The lowest BCUT2D eigenvalue weighted by atomic mass is 9.45. The van der Waals surface area contributed by atoms with Crippen molar-refractivity contribution in [2.45, 2.75) is 83.8 Å². The van der Waals surface area contributed by atoms with Crippen LogP contribution in [0.3, 0.4) is 0 Å². The maximum absolute atomic E-state index is 14.3. The molecule has 1 unspecified atom stereocenters. The summed E-state index contributed by atoms with van der Waals surface area (Å²) in [7, 11) is 7.11. The first-order valence-electron chi connectivity index (χ1n) is 19.6. The number of hydroxylamine groups is 2. The van der Waals surface area contributed by atoms with Gasteiger partial charge in [0.15, 0.2) is 0 Å². The van der Waals surface area contributed by atoms with E-state index >= 15 is 0 Å². The van der Waals surface area contributed by atoms with Gasteiger partial charge in [0.05, 0.1) is 39.0 Å². The molecule has 11 nitrogen and oxygen atoms in total. The Morgan fingerprint density at radius 2 is 1.65 bits per heavy atom. The molecule has 9 atom stereocenters. The number of fused-ring (bicyclic) bond motifs is 2. The molecule has 3 aromatic rings. The number of benzene rings is 3. The fourth-order valence-electron chi connectivity index (χ4n) is 9.73. The number of methoxy groups -OCH3 is 2. The number of amides is 2. The number of carbonyl (C=O) groups excluding carboxylic acids is 2. The molecule has 1 heterocycles. The number of hydrogen-bond acceptors (Lipinski definition) is 9. The smallest absolute Gasteiger partial charge is 0.255 e. The van der Waals surface area contributed by atoms with Crippen LogP contribution >= 0.6 is 0 Å². The van der Waals surface area contributed by atoms with Gasteiger partial charge in [-0.15, -0.1) is 0 Å². The van der Waals surface area contributed by atoms with Crippen LogP contribution in [0.2, 0.25) is 0 Å². The fraction of sp³-hybridized carbons (Fsp3) is 0.545. The van der Waals surface area contributed by atoms with Gasteiger partial charge in [-0.1, -0.05) is 81.4 Å². The molecule has 0 aromatic heterocycles. The third kappa shape index (κ3) is 8.27. The van der Waals surface area contributed by atoms with E-state index in [4.69, 9.17) is 14.3 Å². The van der Waals surface area contributed by atoms with Crippen molar-refractivity contribution in [3.8, 4) is 22.6 Å². The van der Waals surface area contributed by atoms with Crippen molar-refractivity contribution in [2.24, 2.45) is 29.1 Å². The fourth-order valence-corrected chi connectivity index (χ4v) is 9.73. The molecule has 2 bridgehead atoms. The van der Waals surface area contributed by atoms with Gasteiger partial charge in [-0.25, -0.2) is 0 Å². The summed E-state index contributed by atoms with van der Waals surface area (Å²) < 4.78 is 12.0. The highest BCUT2D eigenvalue weighted by Crippen LogP contribution is 2.61. The van der Waals surface area contributed by atoms with Crippen LogP contribution in [0, 0.1) is 29.1 Å². The average Bonchev–Trinajstić information content (AvgIpc) is 3.53. The van der Waals surface area contributed by atoms with Gasteiger partial charge in [-0.2, -0.15) is 5.06 Å². The van der Waals surface area contributed by atoms with Crippen LogP contribution in [-0.2, 0) is 22.6 Å². The summed E-state index contributed by atoms with van der Waals surface area (Å²) >= 11 is 0. The molecule has 4 aliphatic rings. The second-order valence-corrected chi connectivity index (χ2v) is 16.7. The molecule has 3 saturated carbocycles. The summed E-state index contributed by atoms with van der Waals surface area (Å²) in [6.45, 7) is 8.98. The van der Waals surface area contributed by atoms with Crippen molar-refractivity contribution < 1.29 is 34.1 Å². The maximum atomic E-state index is 14.3. The minimum absolute atomic E-state index is 0.0280. The topological polar surface area (TPSA) is 133 Å². The van der Waals surface area contributed by atoms with Gasteiger partial charge in [-0.05, 0) is 75.1 Å². The lowest BCUT2D eigenvalue weighted by Crippen LogP contribution is -2.62. The van der Waals surface area contributed by atoms with Crippen molar-refractivity contribution in [2.75, 3.05) is 41.5 Å². The molecule has 3 aliphatic carbocycles. The summed E-state index contributed by atoms with van der Waals surface area (Å²) in [5, 5.41) is 29.5. The molecular weight excluding hydrogens is 697 g/mol. The van der Waals surface area contributed by atoms with Gasteiger partial charge in [0.2, 0.25) is 5.91 Å². The third-order valence-electron chi connectivity index (χ3n) is 12.7. The summed E-state index contributed by atoms with van der Waals surface area (Å²) in [4.78, 5) is 36.6. The Balaban J connectivity index is 1.27. The highest BCUT2D eigenvalue weighted by atomic mass is 16.7. The standard InChI is InChI=1S/C44H60N4O7/c1-26-35-21-30(44(35,3)4)22-36(26)46-43(52)39-38(27(2)50)37(25-49)55-48(39)23-29-16-12-17-32(40(29)53-7)33-18-13-19-34(41(33)54-8)42(51)45-31(24-47(5)6)20-28-14-10-9-11-15-28/h9-19,26-27,30-31,35-39,49-50H,20-25H2,1-8H3,(H,45,51)(H,46,52)/t26-,27-,30+,31+,35-,36?,37-,38-,39-/m0/s1. The maximum Gasteiger partial charge on any atom is 0.255 e. The SMILES string of the molecule is COc1c(CN2O[C@@H](CO)[C@H]([C@H](C)O)[C@H]2C(=O)NC2C[C@H]3C[C@@H]([C@@H]2C)C3(C)C)cccc1-c1cccc(C(=O)N[C@H](Cc2ccccc2)CN(C)C)c1OC. The van der Waals surface area contributed by atoms with Gasteiger partial charge in [0, 0.05) is 41.2 Å². The number of aliphatic hydroxyl groups excluding tert-OH is 2. The first kappa shape index (κ1) is 40.7. The molecular formula is C44H60N4O7. The summed E-state index contributed by atoms with van der Waals surface area (Å²) in [5.74, 6) is 1.26. The Morgan fingerprint density at radius 3 is 2.25 bits per heavy atom. The number of likely N-dealkylation sites (N-methyl/N-ethyl adjacent to an activating group) is 1. The van der Waals surface area contributed by atoms with E-state index in [0.717, 1.165) is 17.5 Å². The highest BCUT2D eigenvalue weighted by molar-refractivity contribution is 6.00. The number of nitrogens with one attached hydrogen (secondary N) is 2. The van der Waals surface area contributed by atoms with Crippen LogP contribution in [0.25, 0.3) is 11.1 Å². The van der Waals surface area contributed by atoms with Gasteiger partial charge in [-0.3, -0.25) is 14.4 Å². The normalized spacial score (nSPS) is 26.9. The molecule has 4 N–H and O–H groups in total. The monoisotopic (exact) mass is 756 g/mol. The van der Waals surface area contributed by atoms with E-state index in [1.54, 1.807) is 32.3 Å². The van der Waals surface area contributed by atoms with E-state index in [1.165, 1.54) is 6.42 Å². The van der Waals surface area contributed by atoms with Crippen LogP contribution < -0.4 is 20.1 Å². The van der Waals surface area contributed by atoms with E-state index in [9.17, 15) is 19.8 Å². The average molecular weight is 757 g/mol. The van der Waals surface area contributed by atoms with Gasteiger partial charge in [0.25, 0.3) is 5.91 Å². The number of carbonyl (C=O) groups is 2. The predicted molar refractivity (Wildman–Crippen MR) is 212 cm³/mol. The minimum Gasteiger partial charge on any atom is -0.496 e. The van der Waals surface area contributed by atoms with Crippen molar-refractivity contribution in [3.63, 3.8) is 0 Å². The van der Waals surface area contributed by atoms with Crippen LogP contribution in [0.15, 0.2) is 66.7 Å². The quantitative estimate of drug-likeness (QED) is 0.171. The van der Waals surface area contributed by atoms with Gasteiger partial charge >= 0.3 is 0 Å². The van der Waals surface area contributed by atoms with E-state index in [-0.39, 0.29) is 42.5 Å². The molecule has 2 amide bonds. The minimum atomic E-state index is -0.912. The predicted octanol–water partition coefficient (Wildman–Crippen LogP) is 4.93. The molecule has 0 spiro atoms. The molecule has 1 saturated heterocycles. The summed E-state index contributed by atoms with van der Waals surface area (Å²) in [5.41, 5.74) is 3.89. The Bertz CT molecular complexity index is 1800. The van der Waals surface area contributed by atoms with E-state index < -0.39 is 24.2 Å². The zero-order valence-corrected chi connectivity index (χ0v) is 33.6. The number of para-hydroxylation sites is 2. The molecule has 55 heavy (non-hydrogen) atoms. The van der Waals surface area contributed by atoms with E-state index in [2.05, 4.69) is 48.4 Å². The lowest BCUT2D eigenvalue weighted by Gasteiger charge is -2.62. The second-order valence-electron chi connectivity index (χ2n) is 16.7. The van der Waals surface area contributed by atoms with Gasteiger partial charge in [0.1, 0.15) is 23.6 Å². The van der Waals surface area contributed by atoms with Crippen LogP contribution in [0.4, 0.5) is 0 Å². The Hall–Kier alpha value is -4.00. The number of nitrogens with zero attached hydrogens (tertiary/aromatic N) is 2. The number of rotatable bonds is 15. The van der Waals surface area contributed by atoms with E-state index in [1.807, 2.05) is 62.6 Å². The zero-order valence-electron chi connectivity index (χ0n) is 33.6. The molecule has 7 rings (SSSR count). The Labute approximate surface area is 326 Å². The Morgan fingerprint density at radius 1 is 0.982 bits per heavy atom. The van der Waals surface area contributed by atoms with Crippen LogP contribution in [-0.4, -0.2) is 104 Å². The largest absolute Gasteiger partial charge is 0.496 e. The Kier molecular flexibility index (Phi) is 12.6.